The molecule has 1 atom stereocenters. The lowest BCUT2D eigenvalue weighted by Gasteiger charge is -2.15. The van der Waals surface area contributed by atoms with Gasteiger partial charge in [0.05, 0.1) is 28.3 Å². The van der Waals surface area contributed by atoms with Crippen molar-refractivity contribution in [2.75, 3.05) is 11.9 Å². The minimum absolute atomic E-state index is 0.0671. The second kappa shape index (κ2) is 7.75. The quantitative estimate of drug-likeness (QED) is 0.828. The number of hydrogen-bond acceptors (Lipinski definition) is 4. The first-order chi connectivity index (χ1) is 10.1. The number of para-hydroxylation sites is 1. The molecule has 112 valence electrons. The van der Waals surface area contributed by atoms with Gasteiger partial charge in [0, 0.05) is 11.6 Å². The molecule has 4 nitrogen and oxygen atoms in total. The Hall–Kier alpha value is -1.14. The zero-order valence-electron chi connectivity index (χ0n) is 11.4. The summed E-state index contributed by atoms with van der Waals surface area (Å²) in [6, 6.07) is 5.16. The molecule has 2 rings (SSSR count). The second-order valence-electron chi connectivity index (χ2n) is 4.36. The predicted octanol–water partition coefficient (Wildman–Crippen LogP) is 4.13. The Morgan fingerprint density at radius 3 is 2.67 bits per heavy atom. The van der Waals surface area contributed by atoms with Crippen molar-refractivity contribution in [1.82, 2.24) is 10.3 Å². The van der Waals surface area contributed by atoms with Gasteiger partial charge in [0.2, 0.25) is 5.91 Å². The van der Waals surface area contributed by atoms with Crippen LogP contribution >= 0.6 is 34.5 Å². The molecular weight excluding hydrogens is 329 g/mol. The van der Waals surface area contributed by atoms with Crippen LogP contribution in [-0.4, -0.2) is 17.4 Å². The minimum Gasteiger partial charge on any atom is -0.322 e. The Kier molecular flexibility index (Phi) is 5.99. The fourth-order valence-electron chi connectivity index (χ4n) is 1.83. The zero-order chi connectivity index (χ0) is 15.2. The van der Waals surface area contributed by atoms with Gasteiger partial charge in [-0.3, -0.25) is 10.1 Å². The van der Waals surface area contributed by atoms with Crippen LogP contribution in [0.4, 0.5) is 5.69 Å². The van der Waals surface area contributed by atoms with Crippen LogP contribution in [0.15, 0.2) is 29.8 Å². The average molecular weight is 344 g/mol. The molecule has 0 aliphatic heterocycles. The lowest BCUT2D eigenvalue weighted by Crippen LogP contribution is -2.31. The first-order valence-corrected chi connectivity index (χ1v) is 8.12. The van der Waals surface area contributed by atoms with E-state index in [2.05, 4.69) is 15.6 Å². The van der Waals surface area contributed by atoms with Gasteiger partial charge in [0.1, 0.15) is 5.01 Å². The van der Waals surface area contributed by atoms with Gasteiger partial charge in [-0.15, -0.1) is 11.3 Å². The molecule has 21 heavy (non-hydrogen) atoms. The van der Waals surface area contributed by atoms with Crippen molar-refractivity contribution in [1.29, 1.82) is 0 Å². The SMILES string of the molecule is CCC(NCC(=O)Nc1c(Cl)cccc1Cl)c1nccs1. The normalized spacial score (nSPS) is 12.1. The lowest BCUT2D eigenvalue weighted by molar-refractivity contribution is -0.115. The summed E-state index contributed by atoms with van der Waals surface area (Å²) in [6.07, 6.45) is 2.61. The molecular formula is C14H15Cl2N3OS. The van der Waals surface area contributed by atoms with Crippen molar-refractivity contribution in [2.24, 2.45) is 0 Å². The van der Waals surface area contributed by atoms with E-state index < -0.39 is 0 Å². The number of hydrogen-bond donors (Lipinski definition) is 2. The van der Waals surface area contributed by atoms with Crippen molar-refractivity contribution >= 4 is 46.1 Å². The van der Waals surface area contributed by atoms with Gasteiger partial charge in [-0.2, -0.15) is 0 Å². The third-order valence-corrected chi connectivity index (χ3v) is 4.41. The molecule has 1 aromatic carbocycles. The monoisotopic (exact) mass is 343 g/mol. The molecule has 1 amide bonds. The van der Waals surface area contributed by atoms with Crippen LogP contribution < -0.4 is 10.6 Å². The number of nitrogens with one attached hydrogen (secondary N) is 2. The van der Waals surface area contributed by atoms with Crippen LogP contribution in [0.3, 0.4) is 0 Å². The van der Waals surface area contributed by atoms with Crippen molar-refractivity contribution in [3.8, 4) is 0 Å². The van der Waals surface area contributed by atoms with Crippen molar-refractivity contribution in [3.63, 3.8) is 0 Å². The van der Waals surface area contributed by atoms with Gasteiger partial charge in [-0.25, -0.2) is 4.98 Å². The van der Waals surface area contributed by atoms with Crippen LogP contribution in [0, 0.1) is 0 Å². The van der Waals surface area contributed by atoms with Gasteiger partial charge in [0.15, 0.2) is 0 Å². The number of nitrogens with zero attached hydrogens (tertiary/aromatic N) is 1. The average Bonchev–Trinajstić information content (AvgIpc) is 2.98. The van der Waals surface area contributed by atoms with Gasteiger partial charge < -0.3 is 5.32 Å². The first-order valence-electron chi connectivity index (χ1n) is 6.48. The fraction of sp³-hybridized carbons (Fsp3) is 0.286. The summed E-state index contributed by atoms with van der Waals surface area (Å²) in [5, 5.41) is 9.63. The highest BCUT2D eigenvalue weighted by Gasteiger charge is 2.14. The van der Waals surface area contributed by atoms with E-state index in [0.717, 1.165) is 11.4 Å². The highest BCUT2D eigenvalue weighted by Crippen LogP contribution is 2.29. The molecule has 1 heterocycles. The van der Waals surface area contributed by atoms with Gasteiger partial charge in [-0.1, -0.05) is 36.2 Å². The summed E-state index contributed by atoms with van der Waals surface area (Å²) in [5.41, 5.74) is 0.440. The number of aromatic nitrogens is 1. The van der Waals surface area contributed by atoms with E-state index in [-0.39, 0.29) is 18.5 Å². The molecule has 7 heteroatoms. The highest BCUT2D eigenvalue weighted by molar-refractivity contribution is 7.09. The first kappa shape index (κ1) is 16.2. The lowest BCUT2D eigenvalue weighted by atomic mass is 10.2. The van der Waals surface area contributed by atoms with E-state index in [4.69, 9.17) is 23.2 Å². The van der Waals surface area contributed by atoms with E-state index >= 15 is 0 Å². The Balaban J connectivity index is 1.93. The fourth-order valence-corrected chi connectivity index (χ4v) is 3.12. The summed E-state index contributed by atoms with van der Waals surface area (Å²) >= 11 is 13.6. The molecule has 0 aliphatic carbocycles. The molecule has 0 radical (unpaired) electrons. The molecule has 1 unspecified atom stereocenters. The summed E-state index contributed by atoms with van der Waals surface area (Å²) < 4.78 is 0. The number of rotatable bonds is 6. The summed E-state index contributed by atoms with van der Waals surface area (Å²) in [7, 11) is 0. The molecule has 1 aromatic heterocycles. The van der Waals surface area contributed by atoms with Crippen LogP contribution in [0.2, 0.25) is 10.0 Å². The van der Waals surface area contributed by atoms with Gasteiger partial charge in [-0.05, 0) is 18.6 Å². The van der Waals surface area contributed by atoms with Gasteiger partial charge >= 0.3 is 0 Å². The zero-order valence-corrected chi connectivity index (χ0v) is 13.7. The van der Waals surface area contributed by atoms with Crippen molar-refractivity contribution in [2.45, 2.75) is 19.4 Å². The van der Waals surface area contributed by atoms with E-state index in [1.807, 2.05) is 12.3 Å². The smallest absolute Gasteiger partial charge is 0.238 e. The molecule has 0 spiro atoms. The number of anilines is 1. The summed E-state index contributed by atoms with van der Waals surface area (Å²) in [6.45, 7) is 2.21. The Bertz CT molecular complexity index is 584. The van der Waals surface area contributed by atoms with Crippen molar-refractivity contribution in [3.05, 3.63) is 44.8 Å². The molecule has 0 aliphatic rings. The van der Waals surface area contributed by atoms with Crippen LogP contribution in [0.1, 0.15) is 24.4 Å². The summed E-state index contributed by atoms with van der Waals surface area (Å²) in [5.74, 6) is -0.194. The van der Waals surface area contributed by atoms with E-state index in [9.17, 15) is 4.79 Å². The maximum atomic E-state index is 12.0. The van der Waals surface area contributed by atoms with E-state index in [1.54, 1.807) is 35.7 Å². The number of carbonyl (C=O) groups excluding carboxylic acids is 1. The van der Waals surface area contributed by atoms with Crippen LogP contribution in [0.25, 0.3) is 0 Å². The molecule has 2 aromatic rings. The van der Waals surface area contributed by atoms with Crippen molar-refractivity contribution < 1.29 is 4.79 Å². The highest BCUT2D eigenvalue weighted by atomic mass is 35.5. The number of thiazole rings is 1. The van der Waals surface area contributed by atoms with Crippen LogP contribution in [0.5, 0.6) is 0 Å². The Morgan fingerprint density at radius 2 is 2.10 bits per heavy atom. The molecule has 0 bridgehead atoms. The number of benzene rings is 1. The van der Waals surface area contributed by atoms with E-state index in [1.165, 1.54) is 0 Å². The van der Waals surface area contributed by atoms with E-state index in [0.29, 0.717) is 15.7 Å². The maximum Gasteiger partial charge on any atom is 0.238 e. The maximum absolute atomic E-state index is 12.0. The number of amides is 1. The standard InChI is InChI=1S/C14H15Cl2N3OS/c1-2-11(14-17-6-7-21-14)18-8-12(20)19-13-9(15)4-3-5-10(13)16/h3-7,11,18H,2,8H2,1H3,(H,19,20). The number of halogens is 2. The molecule has 0 saturated heterocycles. The largest absolute Gasteiger partial charge is 0.322 e. The summed E-state index contributed by atoms with van der Waals surface area (Å²) in [4.78, 5) is 16.3. The Labute approximate surface area is 137 Å². The molecule has 0 saturated carbocycles. The topological polar surface area (TPSA) is 54.0 Å². The second-order valence-corrected chi connectivity index (χ2v) is 6.10. The number of carbonyl (C=O) groups is 1. The van der Waals surface area contributed by atoms with Gasteiger partial charge in [0.25, 0.3) is 0 Å². The third kappa shape index (κ3) is 4.41. The Morgan fingerprint density at radius 1 is 1.38 bits per heavy atom. The van der Waals surface area contributed by atoms with Crippen LogP contribution in [-0.2, 0) is 4.79 Å². The minimum atomic E-state index is -0.194. The molecule has 2 N–H and O–H groups in total. The molecule has 0 fully saturated rings. The third-order valence-electron chi connectivity index (χ3n) is 2.89. The predicted molar refractivity (Wildman–Crippen MR) is 88.2 cm³/mol.